The largest absolute Gasteiger partial charge is 0.460 e. The zero-order valence-electron chi connectivity index (χ0n) is 15.1. The van der Waals surface area contributed by atoms with Crippen LogP contribution in [0.2, 0.25) is 0 Å². The predicted octanol–water partition coefficient (Wildman–Crippen LogP) is 3.52. The summed E-state index contributed by atoms with van der Waals surface area (Å²) < 4.78 is 5.20. The predicted molar refractivity (Wildman–Crippen MR) is 98.7 cm³/mol. The lowest BCUT2D eigenvalue weighted by molar-refractivity contribution is -0.121. The maximum Gasteiger partial charge on any atom is 0.338 e. The summed E-state index contributed by atoms with van der Waals surface area (Å²) in [6.45, 7) is 6.48. The van der Waals surface area contributed by atoms with Crippen molar-refractivity contribution in [2.75, 3.05) is 13.2 Å². The lowest BCUT2D eigenvalue weighted by Gasteiger charge is -2.08. The minimum Gasteiger partial charge on any atom is -0.460 e. The first-order valence-electron chi connectivity index (χ1n) is 8.52. The number of aryl methyl sites for hydroxylation is 4. The van der Waals surface area contributed by atoms with E-state index >= 15 is 0 Å². The van der Waals surface area contributed by atoms with Crippen LogP contribution in [-0.4, -0.2) is 25.0 Å². The Morgan fingerprint density at radius 2 is 1.68 bits per heavy atom. The highest BCUT2D eigenvalue weighted by Gasteiger charge is 2.08. The maximum absolute atomic E-state index is 12.0. The highest BCUT2D eigenvalue weighted by atomic mass is 16.5. The molecule has 0 aliphatic carbocycles. The van der Waals surface area contributed by atoms with Gasteiger partial charge < -0.3 is 10.1 Å². The fraction of sp³-hybridized carbons (Fsp3) is 0.333. The maximum atomic E-state index is 12.0. The Bertz CT molecular complexity index is 735. The number of nitrogens with one attached hydrogen (secondary N) is 1. The van der Waals surface area contributed by atoms with Crippen molar-refractivity contribution in [1.29, 1.82) is 0 Å². The number of benzene rings is 2. The number of amides is 1. The van der Waals surface area contributed by atoms with E-state index in [0.29, 0.717) is 24.9 Å². The summed E-state index contributed by atoms with van der Waals surface area (Å²) in [5.41, 5.74) is 5.07. The van der Waals surface area contributed by atoms with Crippen molar-refractivity contribution >= 4 is 11.9 Å². The summed E-state index contributed by atoms with van der Waals surface area (Å²) in [4.78, 5) is 23.8. The number of carbonyl (C=O) groups excluding carboxylic acids is 2. The van der Waals surface area contributed by atoms with E-state index in [1.165, 1.54) is 5.56 Å². The second kappa shape index (κ2) is 9.02. The van der Waals surface area contributed by atoms with Crippen LogP contribution >= 0.6 is 0 Å². The molecule has 1 amide bonds. The molecule has 4 nitrogen and oxygen atoms in total. The first-order chi connectivity index (χ1) is 12.0. The van der Waals surface area contributed by atoms with Crippen molar-refractivity contribution in [3.8, 4) is 0 Å². The average molecular weight is 339 g/mol. The Labute approximate surface area is 149 Å². The molecule has 0 saturated heterocycles. The van der Waals surface area contributed by atoms with Gasteiger partial charge in [-0.2, -0.15) is 0 Å². The zero-order chi connectivity index (χ0) is 18.2. The minimum absolute atomic E-state index is 0.0391. The molecule has 0 saturated carbocycles. The molecule has 0 aliphatic heterocycles. The van der Waals surface area contributed by atoms with Gasteiger partial charge in [-0.3, -0.25) is 4.79 Å². The van der Waals surface area contributed by atoms with E-state index in [2.05, 4.69) is 5.32 Å². The van der Waals surface area contributed by atoms with E-state index in [1.54, 1.807) is 6.07 Å². The Balaban J connectivity index is 1.66. The van der Waals surface area contributed by atoms with Gasteiger partial charge in [0.15, 0.2) is 0 Å². The van der Waals surface area contributed by atoms with E-state index in [1.807, 2.05) is 57.2 Å². The third-order valence-electron chi connectivity index (χ3n) is 4.16. The second-order valence-electron chi connectivity index (χ2n) is 6.27. The van der Waals surface area contributed by atoms with Gasteiger partial charge in [0.25, 0.3) is 0 Å². The number of carbonyl (C=O) groups is 2. The van der Waals surface area contributed by atoms with Gasteiger partial charge in [0.1, 0.15) is 6.61 Å². The fourth-order valence-electron chi connectivity index (χ4n) is 2.39. The van der Waals surface area contributed by atoms with Crippen molar-refractivity contribution in [3.05, 3.63) is 70.3 Å². The Hall–Kier alpha value is -2.62. The molecule has 4 heteroatoms. The van der Waals surface area contributed by atoms with E-state index in [-0.39, 0.29) is 18.5 Å². The van der Waals surface area contributed by atoms with Crippen LogP contribution in [0.15, 0.2) is 42.5 Å². The number of hydrogen-bond donors (Lipinski definition) is 1. The molecule has 0 unspecified atom stereocenters. The molecule has 0 atom stereocenters. The highest BCUT2D eigenvalue weighted by Crippen LogP contribution is 2.10. The lowest BCUT2D eigenvalue weighted by atomic mass is 10.1. The van der Waals surface area contributed by atoms with Gasteiger partial charge in [0, 0.05) is 6.42 Å². The highest BCUT2D eigenvalue weighted by molar-refractivity contribution is 5.89. The van der Waals surface area contributed by atoms with Crippen LogP contribution in [0.3, 0.4) is 0 Å². The average Bonchev–Trinajstić information content (AvgIpc) is 2.60. The van der Waals surface area contributed by atoms with E-state index in [0.717, 1.165) is 16.7 Å². The van der Waals surface area contributed by atoms with E-state index in [9.17, 15) is 9.59 Å². The van der Waals surface area contributed by atoms with E-state index < -0.39 is 0 Å². The molecule has 0 radical (unpaired) electrons. The summed E-state index contributed by atoms with van der Waals surface area (Å²) in [6.07, 6.45) is 1.13. The van der Waals surface area contributed by atoms with Gasteiger partial charge in [0.2, 0.25) is 5.91 Å². The zero-order valence-corrected chi connectivity index (χ0v) is 15.1. The van der Waals surface area contributed by atoms with Crippen molar-refractivity contribution in [2.45, 2.75) is 33.6 Å². The third-order valence-corrected chi connectivity index (χ3v) is 4.16. The molecular formula is C21H25NO3. The molecule has 0 spiro atoms. The molecule has 0 fully saturated rings. The summed E-state index contributed by atoms with van der Waals surface area (Å²) in [7, 11) is 0. The molecule has 132 valence electrons. The summed E-state index contributed by atoms with van der Waals surface area (Å²) in [5, 5.41) is 2.78. The summed E-state index contributed by atoms with van der Waals surface area (Å²) in [5.74, 6) is -0.403. The molecule has 0 aromatic heterocycles. The Morgan fingerprint density at radius 3 is 2.36 bits per heavy atom. The summed E-state index contributed by atoms with van der Waals surface area (Å²) in [6, 6.07) is 13.6. The van der Waals surface area contributed by atoms with Crippen LogP contribution in [0.1, 0.15) is 39.0 Å². The van der Waals surface area contributed by atoms with Crippen LogP contribution in [0.5, 0.6) is 0 Å². The first-order valence-corrected chi connectivity index (χ1v) is 8.52. The van der Waals surface area contributed by atoms with Crippen molar-refractivity contribution in [3.63, 3.8) is 0 Å². The molecular weight excluding hydrogens is 314 g/mol. The first kappa shape index (κ1) is 18.7. The molecule has 0 aliphatic rings. The number of ether oxygens (including phenoxy) is 1. The van der Waals surface area contributed by atoms with Gasteiger partial charge in [-0.15, -0.1) is 0 Å². The number of hydrogen-bond acceptors (Lipinski definition) is 3. The van der Waals surface area contributed by atoms with Crippen molar-refractivity contribution in [1.82, 2.24) is 5.32 Å². The van der Waals surface area contributed by atoms with Gasteiger partial charge in [-0.1, -0.05) is 35.9 Å². The molecule has 2 aromatic rings. The second-order valence-corrected chi connectivity index (χ2v) is 6.27. The van der Waals surface area contributed by atoms with E-state index in [4.69, 9.17) is 4.74 Å². The quantitative estimate of drug-likeness (QED) is 0.620. The third kappa shape index (κ3) is 6.07. The van der Waals surface area contributed by atoms with Crippen LogP contribution in [0, 0.1) is 20.8 Å². The molecule has 25 heavy (non-hydrogen) atoms. The fourth-order valence-corrected chi connectivity index (χ4v) is 2.39. The Kier molecular flexibility index (Phi) is 6.75. The minimum atomic E-state index is -0.364. The lowest BCUT2D eigenvalue weighted by Crippen LogP contribution is -2.28. The molecule has 0 heterocycles. The van der Waals surface area contributed by atoms with Crippen LogP contribution < -0.4 is 5.32 Å². The van der Waals surface area contributed by atoms with Gasteiger partial charge in [0.05, 0.1) is 12.1 Å². The molecule has 2 aromatic carbocycles. The normalized spacial score (nSPS) is 10.4. The molecule has 1 N–H and O–H groups in total. The van der Waals surface area contributed by atoms with Gasteiger partial charge in [-0.05, 0) is 56.0 Å². The van der Waals surface area contributed by atoms with Crippen LogP contribution in [0.25, 0.3) is 0 Å². The summed E-state index contributed by atoms with van der Waals surface area (Å²) >= 11 is 0. The van der Waals surface area contributed by atoms with Crippen LogP contribution in [-0.2, 0) is 16.0 Å². The Morgan fingerprint density at radius 1 is 0.960 bits per heavy atom. The molecule has 2 rings (SSSR count). The van der Waals surface area contributed by atoms with Crippen molar-refractivity contribution in [2.24, 2.45) is 0 Å². The molecule has 0 bridgehead atoms. The topological polar surface area (TPSA) is 55.4 Å². The van der Waals surface area contributed by atoms with Gasteiger partial charge >= 0.3 is 5.97 Å². The smallest absolute Gasteiger partial charge is 0.338 e. The van der Waals surface area contributed by atoms with Crippen molar-refractivity contribution < 1.29 is 14.3 Å². The van der Waals surface area contributed by atoms with Gasteiger partial charge in [-0.25, -0.2) is 4.79 Å². The monoisotopic (exact) mass is 339 g/mol. The SMILES string of the molecule is Cc1ccc(CCC(=O)NCCOC(=O)c2ccc(C)c(C)c2)cc1. The standard InChI is InChI=1S/C21H25NO3/c1-15-4-7-18(8-5-15)9-11-20(23)22-12-13-25-21(24)19-10-6-16(2)17(3)14-19/h4-8,10,14H,9,11-13H2,1-3H3,(H,22,23). The van der Waals surface area contributed by atoms with Crippen LogP contribution in [0.4, 0.5) is 0 Å². The number of rotatable bonds is 7. The number of esters is 1.